The molecule has 1 heterocycles. The summed E-state index contributed by atoms with van der Waals surface area (Å²) in [5.74, 6) is 0. The second-order valence-electron chi connectivity index (χ2n) is 1.67. The lowest BCUT2D eigenvalue weighted by molar-refractivity contribution is 0.368. The molecule has 0 atom stereocenters. The number of rotatable bonds is 0. The van der Waals surface area contributed by atoms with Crippen LogP contribution >= 0.6 is 0 Å². The SMILES string of the molecule is C1CNCN1.F[B-](F)(F)F. The molecule has 7 heteroatoms. The predicted molar refractivity (Wildman–Crippen MR) is 31.1 cm³/mol. The second kappa shape index (κ2) is 4.51. The molecule has 0 radical (unpaired) electrons. The largest absolute Gasteiger partial charge is 0.673 e. The van der Waals surface area contributed by atoms with Crippen molar-refractivity contribution >= 4 is 7.25 Å². The molecule has 0 saturated carbocycles. The van der Waals surface area contributed by atoms with Crippen LogP contribution in [0.5, 0.6) is 0 Å². The minimum Gasteiger partial charge on any atom is -0.418 e. The van der Waals surface area contributed by atoms with E-state index in [1.165, 1.54) is 0 Å². The van der Waals surface area contributed by atoms with E-state index in [1.807, 2.05) is 0 Å². The van der Waals surface area contributed by atoms with Crippen LogP contribution in [0.3, 0.4) is 0 Å². The van der Waals surface area contributed by atoms with E-state index in [2.05, 4.69) is 10.6 Å². The summed E-state index contributed by atoms with van der Waals surface area (Å²) in [4.78, 5) is 0. The van der Waals surface area contributed by atoms with E-state index >= 15 is 0 Å². The lowest BCUT2D eigenvalue weighted by Gasteiger charge is -1.94. The highest BCUT2D eigenvalue weighted by Crippen LogP contribution is 2.06. The van der Waals surface area contributed by atoms with Crippen LogP contribution in [0.25, 0.3) is 0 Å². The Morgan fingerprint density at radius 1 is 0.900 bits per heavy atom. The normalized spacial score (nSPS) is 18.0. The van der Waals surface area contributed by atoms with Crippen LogP contribution < -0.4 is 10.6 Å². The van der Waals surface area contributed by atoms with Crippen LogP contribution in [-0.2, 0) is 0 Å². The average Bonchev–Trinajstić information content (AvgIpc) is 2.07. The van der Waals surface area contributed by atoms with Gasteiger partial charge in [0, 0.05) is 19.8 Å². The molecule has 1 aliphatic heterocycles. The summed E-state index contributed by atoms with van der Waals surface area (Å²) >= 11 is 0. The average molecular weight is 159 g/mol. The van der Waals surface area contributed by atoms with Crippen molar-refractivity contribution in [1.82, 2.24) is 10.6 Å². The summed E-state index contributed by atoms with van der Waals surface area (Å²) in [6, 6.07) is 0. The van der Waals surface area contributed by atoms with Gasteiger partial charge in [-0.25, -0.2) is 0 Å². The van der Waals surface area contributed by atoms with E-state index in [9.17, 15) is 17.3 Å². The fraction of sp³-hybridized carbons (Fsp3) is 1.00. The molecule has 1 saturated heterocycles. The lowest BCUT2D eigenvalue weighted by Crippen LogP contribution is -2.11. The summed E-state index contributed by atoms with van der Waals surface area (Å²) < 4.78 is 39.0. The lowest BCUT2D eigenvalue weighted by atomic mass is 10.3. The predicted octanol–water partition coefficient (Wildman–Crippen LogP) is 0.437. The van der Waals surface area contributed by atoms with Crippen LogP contribution in [0.4, 0.5) is 17.3 Å². The zero-order valence-corrected chi connectivity index (χ0v) is 5.21. The standard InChI is InChI=1S/C3H8N2.BF4/c1-2-5-3-4-1;2-1(3,4)5/h4-5H,1-3H2;/q;-1. The molecule has 1 aliphatic rings. The maximum Gasteiger partial charge on any atom is 0.673 e. The Labute approximate surface area is 56.1 Å². The minimum absolute atomic E-state index is 1.00. The van der Waals surface area contributed by atoms with E-state index < -0.39 is 7.25 Å². The van der Waals surface area contributed by atoms with Crippen molar-refractivity contribution in [3.63, 3.8) is 0 Å². The van der Waals surface area contributed by atoms with Crippen molar-refractivity contribution in [3.05, 3.63) is 0 Å². The smallest absolute Gasteiger partial charge is 0.418 e. The van der Waals surface area contributed by atoms with E-state index in [0.717, 1.165) is 19.8 Å². The summed E-state index contributed by atoms with van der Waals surface area (Å²) in [7, 11) is -6.00. The van der Waals surface area contributed by atoms with Gasteiger partial charge in [-0.05, 0) is 0 Å². The van der Waals surface area contributed by atoms with Gasteiger partial charge in [0.15, 0.2) is 0 Å². The molecule has 62 valence electrons. The van der Waals surface area contributed by atoms with Crippen LogP contribution in [-0.4, -0.2) is 27.0 Å². The molecule has 0 spiro atoms. The van der Waals surface area contributed by atoms with Crippen molar-refractivity contribution in [1.29, 1.82) is 0 Å². The van der Waals surface area contributed by atoms with Gasteiger partial charge in [0.2, 0.25) is 0 Å². The zero-order chi connectivity index (χ0) is 8.04. The van der Waals surface area contributed by atoms with Crippen LogP contribution in [0, 0.1) is 0 Å². The highest BCUT2D eigenvalue weighted by molar-refractivity contribution is 6.50. The molecule has 2 N–H and O–H groups in total. The van der Waals surface area contributed by atoms with Crippen LogP contribution in [0.15, 0.2) is 0 Å². The molecule has 1 fully saturated rings. The Morgan fingerprint density at radius 3 is 1.30 bits per heavy atom. The summed E-state index contributed by atoms with van der Waals surface area (Å²) in [6.45, 7) is 3.28. The Hall–Kier alpha value is -0.295. The molecule has 2 nitrogen and oxygen atoms in total. The van der Waals surface area contributed by atoms with E-state index in [1.54, 1.807) is 0 Å². The first-order valence-electron chi connectivity index (χ1n) is 2.79. The van der Waals surface area contributed by atoms with Gasteiger partial charge < -0.3 is 27.9 Å². The molecule has 0 aromatic rings. The Bertz CT molecular complexity index is 67.5. The molecule has 10 heavy (non-hydrogen) atoms. The van der Waals surface area contributed by atoms with Crippen molar-refractivity contribution in [3.8, 4) is 0 Å². The first-order valence-corrected chi connectivity index (χ1v) is 2.79. The molecular formula is C3H8BF4N2-. The monoisotopic (exact) mass is 159 g/mol. The third-order valence-electron chi connectivity index (χ3n) is 0.729. The van der Waals surface area contributed by atoms with Gasteiger partial charge in [0.05, 0.1) is 0 Å². The van der Waals surface area contributed by atoms with Gasteiger partial charge in [0.25, 0.3) is 0 Å². The Kier molecular flexibility index (Phi) is 4.38. The van der Waals surface area contributed by atoms with Gasteiger partial charge in [-0.3, -0.25) is 0 Å². The number of nitrogens with one attached hydrogen (secondary N) is 2. The summed E-state index contributed by atoms with van der Waals surface area (Å²) in [5, 5.41) is 6.22. The van der Waals surface area contributed by atoms with Crippen LogP contribution in [0.2, 0.25) is 0 Å². The topological polar surface area (TPSA) is 24.1 Å². The number of halogens is 4. The maximum atomic E-state index is 9.75. The van der Waals surface area contributed by atoms with Crippen molar-refractivity contribution in [2.75, 3.05) is 19.8 Å². The summed E-state index contributed by atoms with van der Waals surface area (Å²) in [5.41, 5.74) is 0. The molecule has 0 bridgehead atoms. The van der Waals surface area contributed by atoms with E-state index in [4.69, 9.17) is 0 Å². The quantitative estimate of drug-likeness (QED) is 0.395. The fourth-order valence-electron chi connectivity index (χ4n) is 0.442. The van der Waals surface area contributed by atoms with E-state index in [0.29, 0.717) is 0 Å². The first-order chi connectivity index (χ1) is 4.50. The van der Waals surface area contributed by atoms with Crippen LogP contribution in [0.1, 0.15) is 0 Å². The molecule has 0 amide bonds. The van der Waals surface area contributed by atoms with Crippen molar-refractivity contribution in [2.45, 2.75) is 0 Å². The summed E-state index contributed by atoms with van der Waals surface area (Å²) in [6.07, 6.45) is 0. The maximum absolute atomic E-state index is 9.75. The molecular weight excluding hydrogens is 151 g/mol. The van der Waals surface area contributed by atoms with Gasteiger partial charge in [-0.1, -0.05) is 0 Å². The Morgan fingerprint density at radius 2 is 1.20 bits per heavy atom. The molecule has 1 rings (SSSR count). The zero-order valence-electron chi connectivity index (χ0n) is 5.21. The number of hydrogen-bond donors (Lipinski definition) is 2. The van der Waals surface area contributed by atoms with Gasteiger partial charge >= 0.3 is 7.25 Å². The minimum atomic E-state index is -6.00. The molecule has 0 aliphatic carbocycles. The molecule has 0 aromatic carbocycles. The first kappa shape index (κ1) is 9.70. The molecule has 0 unspecified atom stereocenters. The third-order valence-corrected chi connectivity index (χ3v) is 0.729. The van der Waals surface area contributed by atoms with Crippen molar-refractivity contribution in [2.24, 2.45) is 0 Å². The fourth-order valence-corrected chi connectivity index (χ4v) is 0.442. The van der Waals surface area contributed by atoms with Gasteiger partial charge in [0.1, 0.15) is 0 Å². The highest BCUT2D eigenvalue weighted by atomic mass is 19.5. The van der Waals surface area contributed by atoms with Crippen molar-refractivity contribution < 1.29 is 17.3 Å². The van der Waals surface area contributed by atoms with Gasteiger partial charge in [-0.2, -0.15) is 0 Å². The van der Waals surface area contributed by atoms with E-state index in [-0.39, 0.29) is 0 Å². The molecule has 0 aromatic heterocycles. The third kappa shape index (κ3) is 15.6. The Balaban J connectivity index is 0.000000162. The highest BCUT2D eigenvalue weighted by Gasteiger charge is 2.20. The second-order valence-corrected chi connectivity index (χ2v) is 1.67. The number of hydrogen-bond acceptors (Lipinski definition) is 2. The van der Waals surface area contributed by atoms with Gasteiger partial charge in [-0.15, -0.1) is 0 Å².